The van der Waals surface area contributed by atoms with Gasteiger partial charge in [0.05, 0.1) is 17.6 Å². The number of methoxy groups -OCH3 is 1. The standard InChI is InChI=1S/C30H37N5O4S/c1-36-26-18-23-24(19-28(26)37-16-15-33-9-3-2-4-10-33)31-20-32-30(23)35-13-11-34(12-14-35)29(40)8-6-22-5-7-25-27(17-22)39-21-38-25/h5,7,17-20H,2-4,6,8-16,21H2,1H3. The number of piperidine rings is 1. The molecule has 3 aromatic rings. The minimum Gasteiger partial charge on any atom is -0.493 e. The number of benzene rings is 2. The summed E-state index contributed by atoms with van der Waals surface area (Å²) in [6.45, 7) is 7.58. The van der Waals surface area contributed by atoms with Gasteiger partial charge >= 0.3 is 0 Å². The topological polar surface area (TPSA) is 72.4 Å². The van der Waals surface area contributed by atoms with Crippen LogP contribution in [0.15, 0.2) is 36.7 Å². The molecule has 10 heteroatoms. The second-order valence-corrected chi connectivity index (χ2v) is 11.0. The van der Waals surface area contributed by atoms with E-state index < -0.39 is 0 Å². The number of hydrogen-bond acceptors (Lipinski definition) is 9. The predicted molar refractivity (Wildman–Crippen MR) is 159 cm³/mol. The molecule has 6 rings (SSSR count). The van der Waals surface area contributed by atoms with E-state index in [-0.39, 0.29) is 0 Å². The van der Waals surface area contributed by atoms with Crippen molar-refractivity contribution in [3.63, 3.8) is 0 Å². The number of thiocarbonyl (C=S) groups is 1. The van der Waals surface area contributed by atoms with E-state index in [1.165, 1.54) is 24.8 Å². The van der Waals surface area contributed by atoms with Gasteiger partial charge in [-0.15, -0.1) is 0 Å². The molecule has 1 aromatic heterocycles. The van der Waals surface area contributed by atoms with Gasteiger partial charge in [-0.1, -0.05) is 24.7 Å². The number of aromatic nitrogens is 2. The zero-order valence-corrected chi connectivity index (χ0v) is 24.0. The summed E-state index contributed by atoms with van der Waals surface area (Å²) >= 11 is 5.82. The Morgan fingerprint density at radius 1 is 0.925 bits per heavy atom. The Bertz CT molecular complexity index is 1340. The SMILES string of the molecule is COc1cc2c(N3CCN(C(=S)CCc4ccc5c(c4)OCO5)CC3)ncnc2cc1OCCN1CCCCC1. The van der Waals surface area contributed by atoms with Crippen LogP contribution < -0.4 is 23.8 Å². The van der Waals surface area contributed by atoms with Gasteiger partial charge in [0, 0.05) is 50.6 Å². The number of nitrogens with zero attached hydrogens (tertiary/aromatic N) is 5. The first-order chi connectivity index (χ1) is 19.7. The van der Waals surface area contributed by atoms with E-state index in [1.54, 1.807) is 13.4 Å². The largest absolute Gasteiger partial charge is 0.493 e. The van der Waals surface area contributed by atoms with Gasteiger partial charge < -0.3 is 28.7 Å². The van der Waals surface area contributed by atoms with Crippen molar-refractivity contribution in [2.45, 2.75) is 32.1 Å². The molecule has 0 saturated carbocycles. The maximum Gasteiger partial charge on any atom is 0.231 e. The lowest BCUT2D eigenvalue weighted by Crippen LogP contribution is -2.48. The Kier molecular flexibility index (Phi) is 8.34. The number of hydrogen-bond donors (Lipinski definition) is 0. The maximum atomic E-state index is 6.17. The Morgan fingerprint density at radius 2 is 1.75 bits per heavy atom. The van der Waals surface area contributed by atoms with Crippen molar-refractivity contribution in [2.75, 3.05) is 71.2 Å². The van der Waals surface area contributed by atoms with Crippen molar-refractivity contribution in [3.05, 3.63) is 42.2 Å². The molecule has 2 saturated heterocycles. The molecular weight excluding hydrogens is 526 g/mol. The predicted octanol–water partition coefficient (Wildman–Crippen LogP) is 4.31. The summed E-state index contributed by atoms with van der Waals surface area (Å²) in [4.78, 5) is 17.3. The van der Waals surface area contributed by atoms with Crippen molar-refractivity contribution in [3.8, 4) is 23.0 Å². The highest BCUT2D eigenvalue weighted by Crippen LogP contribution is 2.36. The van der Waals surface area contributed by atoms with Crippen molar-refractivity contribution in [1.29, 1.82) is 0 Å². The summed E-state index contributed by atoms with van der Waals surface area (Å²) in [6.07, 6.45) is 7.25. The molecule has 0 amide bonds. The number of likely N-dealkylation sites (tertiary alicyclic amines) is 1. The number of anilines is 1. The van der Waals surface area contributed by atoms with E-state index >= 15 is 0 Å². The van der Waals surface area contributed by atoms with Crippen LogP contribution in [0.4, 0.5) is 5.82 Å². The Labute approximate surface area is 241 Å². The average molecular weight is 564 g/mol. The molecule has 0 radical (unpaired) electrons. The molecule has 0 bridgehead atoms. The van der Waals surface area contributed by atoms with E-state index in [4.69, 9.17) is 31.2 Å². The second kappa shape index (κ2) is 12.4. The fourth-order valence-corrected chi connectivity index (χ4v) is 6.00. The first-order valence-corrected chi connectivity index (χ1v) is 14.7. The summed E-state index contributed by atoms with van der Waals surface area (Å²) in [6, 6.07) is 10.1. The average Bonchev–Trinajstić information content (AvgIpc) is 3.48. The van der Waals surface area contributed by atoms with Gasteiger partial charge in [-0.25, -0.2) is 9.97 Å². The lowest BCUT2D eigenvalue weighted by molar-refractivity contribution is 0.174. The Hall–Kier alpha value is -3.37. The van der Waals surface area contributed by atoms with Gasteiger partial charge in [-0.3, -0.25) is 4.90 Å². The normalized spacial score (nSPS) is 17.3. The molecular formula is C30H37N5O4S. The minimum atomic E-state index is 0.295. The van der Waals surface area contributed by atoms with Crippen LogP contribution in [0.2, 0.25) is 0 Å². The lowest BCUT2D eigenvalue weighted by Gasteiger charge is -2.37. The summed E-state index contributed by atoms with van der Waals surface area (Å²) in [5, 5.41) is 0.974. The van der Waals surface area contributed by atoms with Crippen LogP contribution >= 0.6 is 12.2 Å². The van der Waals surface area contributed by atoms with Gasteiger partial charge in [0.1, 0.15) is 18.8 Å². The summed E-state index contributed by atoms with van der Waals surface area (Å²) in [5.74, 6) is 4.00. The molecule has 40 heavy (non-hydrogen) atoms. The molecule has 2 fully saturated rings. The first kappa shape index (κ1) is 26.8. The van der Waals surface area contributed by atoms with E-state index in [0.29, 0.717) is 19.1 Å². The maximum absolute atomic E-state index is 6.17. The molecule has 0 atom stereocenters. The molecule has 3 aliphatic heterocycles. The van der Waals surface area contributed by atoms with Crippen molar-refractivity contribution >= 4 is 33.9 Å². The van der Waals surface area contributed by atoms with E-state index in [0.717, 1.165) is 97.6 Å². The zero-order valence-electron chi connectivity index (χ0n) is 23.1. The van der Waals surface area contributed by atoms with Crippen LogP contribution in [0.25, 0.3) is 10.9 Å². The highest BCUT2D eigenvalue weighted by molar-refractivity contribution is 7.80. The van der Waals surface area contributed by atoms with Gasteiger partial charge in [0.15, 0.2) is 23.0 Å². The molecule has 2 aromatic carbocycles. The van der Waals surface area contributed by atoms with E-state index in [2.05, 4.69) is 36.8 Å². The third-order valence-electron chi connectivity index (χ3n) is 8.01. The summed E-state index contributed by atoms with van der Waals surface area (Å²) < 4.78 is 22.8. The highest BCUT2D eigenvalue weighted by atomic mass is 32.1. The lowest BCUT2D eigenvalue weighted by atomic mass is 10.1. The van der Waals surface area contributed by atoms with Crippen LogP contribution in [0, 0.1) is 0 Å². The number of ether oxygens (including phenoxy) is 4. The van der Waals surface area contributed by atoms with Gasteiger partial charge in [0.2, 0.25) is 6.79 Å². The van der Waals surface area contributed by atoms with Crippen LogP contribution in [0.3, 0.4) is 0 Å². The highest BCUT2D eigenvalue weighted by Gasteiger charge is 2.23. The molecule has 212 valence electrons. The smallest absolute Gasteiger partial charge is 0.231 e. The molecule has 9 nitrogen and oxygen atoms in total. The van der Waals surface area contributed by atoms with Crippen LogP contribution in [0.1, 0.15) is 31.2 Å². The second-order valence-electron chi connectivity index (χ2n) is 10.5. The van der Waals surface area contributed by atoms with Gasteiger partial charge in [0.25, 0.3) is 0 Å². The van der Waals surface area contributed by atoms with Crippen molar-refractivity contribution < 1.29 is 18.9 Å². The number of fused-ring (bicyclic) bond motifs is 2. The van der Waals surface area contributed by atoms with Crippen molar-refractivity contribution in [1.82, 2.24) is 19.8 Å². The minimum absolute atomic E-state index is 0.295. The third kappa shape index (κ3) is 6.02. The molecule has 0 unspecified atom stereocenters. The Balaban J connectivity index is 1.06. The molecule has 3 aliphatic rings. The number of aryl methyl sites for hydroxylation is 1. The van der Waals surface area contributed by atoms with Gasteiger partial charge in [-0.2, -0.15) is 0 Å². The summed E-state index contributed by atoms with van der Waals surface area (Å²) in [5.41, 5.74) is 2.07. The van der Waals surface area contributed by atoms with Crippen LogP contribution in [0.5, 0.6) is 23.0 Å². The third-order valence-corrected chi connectivity index (χ3v) is 8.47. The first-order valence-electron chi connectivity index (χ1n) is 14.3. The van der Waals surface area contributed by atoms with E-state index in [1.807, 2.05) is 18.2 Å². The fraction of sp³-hybridized carbons (Fsp3) is 0.500. The number of piperazine rings is 1. The summed E-state index contributed by atoms with van der Waals surface area (Å²) in [7, 11) is 1.69. The van der Waals surface area contributed by atoms with Crippen LogP contribution in [-0.2, 0) is 6.42 Å². The van der Waals surface area contributed by atoms with Gasteiger partial charge in [-0.05, 0) is 56.1 Å². The Morgan fingerprint density at radius 3 is 2.58 bits per heavy atom. The zero-order chi connectivity index (χ0) is 27.3. The van der Waals surface area contributed by atoms with Crippen LogP contribution in [-0.4, -0.2) is 91.1 Å². The number of rotatable bonds is 9. The molecule has 0 spiro atoms. The fourth-order valence-electron chi connectivity index (χ4n) is 5.72. The molecule has 4 heterocycles. The van der Waals surface area contributed by atoms with E-state index in [9.17, 15) is 0 Å². The molecule has 0 aliphatic carbocycles. The van der Waals surface area contributed by atoms with Crippen molar-refractivity contribution in [2.24, 2.45) is 0 Å². The molecule has 0 N–H and O–H groups in total. The quantitative estimate of drug-likeness (QED) is 0.352. The monoisotopic (exact) mass is 563 g/mol.